The number of nitrogens with zero attached hydrogens (tertiary/aromatic N) is 4. The van der Waals surface area contributed by atoms with Gasteiger partial charge in [0.1, 0.15) is 0 Å². The van der Waals surface area contributed by atoms with Crippen LogP contribution in [0.5, 0.6) is 0 Å². The molecular formula is C16H23N5O. The Labute approximate surface area is 130 Å². The van der Waals surface area contributed by atoms with Crippen molar-refractivity contribution in [2.45, 2.75) is 39.7 Å². The molecule has 1 atom stereocenters. The van der Waals surface area contributed by atoms with Gasteiger partial charge in [0.25, 0.3) is 5.91 Å². The number of aromatic nitrogens is 4. The van der Waals surface area contributed by atoms with Crippen LogP contribution >= 0.6 is 0 Å². The molecule has 6 nitrogen and oxygen atoms in total. The Morgan fingerprint density at radius 3 is 3.00 bits per heavy atom. The van der Waals surface area contributed by atoms with E-state index in [0.29, 0.717) is 11.5 Å². The maximum atomic E-state index is 12.6. The van der Waals surface area contributed by atoms with E-state index < -0.39 is 0 Å². The van der Waals surface area contributed by atoms with E-state index in [1.165, 1.54) is 11.3 Å². The van der Waals surface area contributed by atoms with Crippen LogP contribution in [0.3, 0.4) is 0 Å². The minimum atomic E-state index is 0.103. The molecular weight excluding hydrogens is 278 g/mol. The summed E-state index contributed by atoms with van der Waals surface area (Å²) >= 11 is 0. The van der Waals surface area contributed by atoms with Gasteiger partial charge in [0.2, 0.25) is 0 Å². The highest BCUT2D eigenvalue weighted by molar-refractivity contribution is 5.93. The number of carbonyl (C=O) groups is 1. The van der Waals surface area contributed by atoms with E-state index in [2.05, 4.69) is 22.2 Å². The number of hydrogen-bond acceptors (Lipinski definition) is 3. The molecule has 1 fully saturated rings. The number of carbonyl (C=O) groups excluding carboxylic acids is 1. The lowest BCUT2D eigenvalue weighted by Gasteiger charge is -2.32. The highest BCUT2D eigenvalue weighted by Gasteiger charge is 2.26. The highest BCUT2D eigenvalue weighted by atomic mass is 16.2. The predicted octanol–water partition coefficient (Wildman–Crippen LogP) is 2.03. The summed E-state index contributed by atoms with van der Waals surface area (Å²) in [6, 6.07) is 0. The number of H-pyrrole nitrogens is 1. The van der Waals surface area contributed by atoms with Crippen molar-refractivity contribution in [2.24, 2.45) is 5.92 Å². The minimum Gasteiger partial charge on any atom is -0.338 e. The number of likely N-dealkylation sites (tertiary alicyclic amines) is 1. The maximum absolute atomic E-state index is 12.6. The van der Waals surface area contributed by atoms with Gasteiger partial charge in [-0.15, -0.1) is 0 Å². The average Bonchev–Trinajstić information content (AvgIpc) is 3.16. The van der Waals surface area contributed by atoms with E-state index in [0.717, 1.165) is 38.9 Å². The Bertz CT molecular complexity index is 645. The average molecular weight is 301 g/mol. The smallest absolute Gasteiger partial charge is 0.257 e. The van der Waals surface area contributed by atoms with Crippen molar-refractivity contribution in [3.05, 3.63) is 35.4 Å². The summed E-state index contributed by atoms with van der Waals surface area (Å²) in [5.74, 6) is 0.601. The lowest BCUT2D eigenvalue weighted by atomic mass is 9.92. The quantitative estimate of drug-likeness (QED) is 0.939. The summed E-state index contributed by atoms with van der Waals surface area (Å²) in [6.45, 7) is 6.53. The van der Waals surface area contributed by atoms with Gasteiger partial charge in [-0.25, -0.2) is 0 Å². The molecule has 0 spiro atoms. The van der Waals surface area contributed by atoms with Gasteiger partial charge in [-0.1, -0.05) is 0 Å². The number of nitrogens with one attached hydrogen (secondary N) is 1. The zero-order chi connectivity index (χ0) is 15.5. The van der Waals surface area contributed by atoms with Crippen LogP contribution in [-0.2, 0) is 13.0 Å². The second-order valence-electron chi connectivity index (χ2n) is 6.08. The summed E-state index contributed by atoms with van der Waals surface area (Å²) in [7, 11) is 0. The van der Waals surface area contributed by atoms with E-state index in [9.17, 15) is 4.79 Å². The first-order valence-corrected chi connectivity index (χ1v) is 7.98. The zero-order valence-electron chi connectivity index (χ0n) is 13.2. The zero-order valence-corrected chi connectivity index (χ0v) is 13.2. The summed E-state index contributed by atoms with van der Waals surface area (Å²) in [6.07, 6.45) is 8.56. The molecule has 0 saturated carbocycles. The molecule has 118 valence electrons. The van der Waals surface area contributed by atoms with Gasteiger partial charge in [0.05, 0.1) is 18.0 Å². The van der Waals surface area contributed by atoms with Crippen molar-refractivity contribution in [3.63, 3.8) is 0 Å². The van der Waals surface area contributed by atoms with Gasteiger partial charge >= 0.3 is 0 Å². The number of rotatable bonds is 4. The van der Waals surface area contributed by atoms with Gasteiger partial charge in [-0.3, -0.25) is 14.6 Å². The Morgan fingerprint density at radius 2 is 2.32 bits per heavy atom. The van der Waals surface area contributed by atoms with Gasteiger partial charge < -0.3 is 4.90 Å². The lowest BCUT2D eigenvalue weighted by Crippen LogP contribution is -2.40. The van der Waals surface area contributed by atoms with E-state index in [-0.39, 0.29) is 5.91 Å². The molecule has 2 aromatic rings. The second kappa shape index (κ2) is 6.34. The van der Waals surface area contributed by atoms with E-state index in [1.54, 1.807) is 10.9 Å². The van der Waals surface area contributed by atoms with E-state index in [4.69, 9.17) is 0 Å². The normalized spacial score (nSPS) is 18.6. The fourth-order valence-electron chi connectivity index (χ4n) is 3.11. The highest BCUT2D eigenvalue weighted by Crippen LogP contribution is 2.22. The Hall–Kier alpha value is -2.11. The van der Waals surface area contributed by atoms with Crippen LogP contribution in [0.25, 0.3) is 0 Å². The largest absolute Gasteiger partial charge is 0.338 e. The Morgan fingerprint density at radius 1 is 1.45 bits per heavy atom. The third-order valence-corrected chi connectivity index (χ3v) is 4.44. The number of amides is 1. The fourth-order valence-corrected chi connectivity index (χ4v) is 3.11. The number of aromatic amines is 1. The van der Waals surface area contributed by atoms with Crippen molar-refractivity contribution in [3.8, 4) is 0 Å². The molecule has 0 aliphatic carbocycles. The summed E-state index contributed by atoms with van der Waals surface area (Å²) in [4.78, 5) is 14.6. The Balaban J connectivity index is 1.65. The van der Waals surface area contributed by atoms with Crippen molar-refractivity contribution >= 4 is 5.91 Å². The van der Waals surface area contributed by atoms with Crippen molar-refractivity contribution in [1.82, 2.24) is 24.9 Å². The predicted molar refractivity (Wildman–Crippen MR) is 83.6 cm³/mol. The van der Waals surface area contributed by atoms with Gasteiger partial charge in [0, 0.05) is 31.5 Å². The molecule has 1 aliphatic heterocycles. The lowest BCUT2D eigenvalue weighted by molar-refractivity contribution is 0.0672. The molecule has 0 bridgehead atoms. The molecule has 1 N–H and O–H groups in total. The third kappa shape index (κ3) is 3.05. The first kappa shape index (κ1) is 14.8. The monoisotopic (exact) mass is 301 g/mol. The summed E-state index contributed by atoms with van der Waals surface area (Å²) < 4.78 is 1.79. The van der Waals surface area contributed by atoms with Gasteiger partial charge in [0.15, 0.2) is 0 Å². The molecule has 0 radical (unpaired) electrons. The Kier molecular flexibility index (Phi) is 4.27. The molecule has 22 heavy (non-hydrogen) atoms. The van der Waals surface area contributed by atoms with Crippen LogP contribution in [0.1, 0.15) is 41.4 Å². The van der Waals surface area contributed by atoms with Crippen LogP contribution in [-0.4, -0.2) is 43.9 Å². The molecule has 3 rings (SSSR count). The van der Waals surface area contributed by atoms with Crippen LogP contribution in [0, 0.1) is 12.8 Å². The van der Waals surface area contributed by atoms with Gasteiger partial charge in [-0.2, -0.15) is 10.2 Å². The van der Waals surface area contributed by atoms with Crippen molar-refractivity contribution < 1.29 is 4.79 Å². The SMILES string of the molecule is CCn1cc(C(=O)N2CCCC(Cc3[nH]ncc3C)C2)cn1. The molecule has 3 heterocycles. The van der Waals surface area contributed by atoms with Crippen LogP contribution in [0.4, 0.5) is 0 Å². The van der Waals surface area contributed by atoms with Gasteiger partial charge in [-0.05, 0) is 44.6 Å². The van der Waals surface area contributed by atoms with E-state index >= 15 is 0 Å². The van der Waals surface area contributed by atoms with Crippen LogP contribution in [0.15, 0.2) is 18.6 Å². The summed E-state index contributed by atoms with van der Waals surface area (Å²) in [5.41, 5.74) is 3.09. The molecule has 6 heteroatoms. The van der Waals surface area contributed by atoms with Crippen molar-refractivity contribution in [2.75, 3.05) is 13.1 Å². The first-order valence-electron chi connectivity index (χ1n) is 7.98. The molecule has 1 amide bonds. The maximum Gasteiger partial charge on any atom is 0.257 e. The molecule has 0 aromatic carbocycles. The second-order valence-corrected chi connectivity index (χ2v) is 6.08. The molecule has 1 aliphatic rings. The van der Waals surface area contributed by atoms with Crippen LogP contribution in [0.2, 0.25) is 0 Å². The standard InChI is InChI=1S/C16H23N5O/c1-3-21-11-14(9-18-21)16(22)20-6-4-5-13(10-20)7-15-12(2)8-17-19-15/h8-9,11,13H,3-7,10H2,1-2H3,(H,17,19). The molecule has 1 unspecified atom stereocenters. The summed E-state index contributed by atoms with van der Waals surface area (Å²) in [5, 5.41) is 11.4. The van der Waals surface area contributed by atoms with Crippen molar-refractivity contribution in [1.29, 1.82) is 0 Å². The first-order chi connectivity index (χ1) is 10.7. The number of hydrogen-bond donors (Lipinski definition) is 1. The molecule has 2 aromatic heterocycles. The third-order valence-electron chi connectivity index (χ3n) is 4.44. The van der Waals surface area contributed by atoms with E-state index in [1.807, 2.05) is 24.2 Å². The van der Waals surface area contributed by atoms with Crippen LogP contribution < -0.4 is 0 Å². The minimum absolute atomic E-state index is 0.103. The molecule has 1 saturated heterocycles. The number of aryl methyl sites for hydroxylation is 2. The fraction of sp³-hybridized carbons (Fsp3) is 0.562. The topological polar surface area (TPSA) is 66.8 Å². The number of piperidine rings is 1.